The number of amides is 2. The van der Waals surface area contributed by atoms with Gasteiger partial charge >= 0.3 is 6.18 Å². The van der Waals surface area contributed by atoms with Gasteiger partial charge in [0.15, 0.2) is 17.3 Å². The smallest absolute Gasteiger partial charge is 0.416 e. The molecule has 13 nitrogen and oxygen atoms in total. The van der Waals surface area contributed by atoms with Crippen molar-refractivity contribution in [1.29, 1.82) is 0 Å². The number of carbonyl (C=O) groups is 2. The molecule has 52 heavy (non-hydrogen) atoms. The van der Waals surface area contributed by atoms with E-state index in [2.05, 4.69) is 31.9 Å². The number of hydrogen-bond donors (Lipinski definition) is 1. The topological polar surface area (TPSA) is 140 Å². The van der Waals surface area contributed by atoms with Crippen LogP contribution in [0, 0.1) is 6.92 Å². The molecule has 270 valence electrons. The Bertz CT molecular complexity index is 2220. The van der Waals surface area contributed by atoms with Gasteiger partial charge in [-0.15, -0.1) is 5.10 Å². The normalized spacial score (nSPS) is 13.3. The van der Waals surface area contributed by atoms with Crippen LogP contribution in [0.1, 0.15) is 45.8 Å². The third kappa shape index (κ3) is 7.32. The van der Waals surface area contributed by atoms with E-state index >= 15 is 0 Å². The van der Waals surface area contributed by atoms with E-state index in [0.717, 1.165) is 28.3 Å². The highest BCUT2D eigenvalue weighted by atomic mass is 35.5. The minimum atomic E-state index is -4.61. The molecule has 17 heteroatoms. The molecule has 2 amide bonds. The summed E-state index contributed by atoms with van der Waals surface area (Å²) in [6.07, 6.45) is -1.63. The third-order valence-corrected chi connectivity index (χ3v) is 8.84. The van der Waals surface area contributed by atoms with E-state index in [0.29, 0.717) is 23.6 Å². The van der Waals surface area contributed by atoms with E-state index in [1.54, 1.807) is 11.8 Å². The van der Waals surface area contributed by atoms with E-state index in [9.17, 15) is 27.6 Å². The number of rotatable bonds is 10. The van der Waals surface area contributed by atoms with Crippen LogP contribution in [0.2, 0.25) is 5.02 Å². The van der Waals surface area contributed by atoms with Gasteiger partial charge in [0.25, 0.3) is 11.5 Å². The molecule has 1 aliphatic heterocycles. The number of aryl methyl sites for hydroxylation is 1. The first-order valence-corrected chi connectivity index (χ1v) is 16.6. The fourth-order valence-corrected chi connectivity index (χ4v) is 6.18. The van der Waals surface area contributed by atoms with Crippen LogP contribution in [0.5, 0.6) is 5.75 Å². The summed E-state index contributed by atoms with van der Waals surface area (Å²) in [5.74, 6) is -0.457. The number of aromatic nitrogens is 6. The summed E-state index contributed by atoms with van der Waals surface area (Å²) in [6.45, 7) is 8.10. The highest BCUT2D eigenvalue weighted by Crippen LogP contribution is 2.34. The highest BCUT2D eigenvalue weighted by Gasteiger charge is 2.32. The highest BCUT2D eigenvalue weighted by molar-refractivity contribution is 6.33. The molecule has 5 aromatic rings. The number of nitrogens with zero attached hydrogens (tertiary/aromatic N) is 8. The first-order chi connectivity index (χ1) is 24.9. The van der Waals surface area contributed by atoms with Gasteiger partial charge < -0.3 is 24.4 Å². The van der Waals surface area contributed by atoms with Crippen LogP contribution in [0.25, 0.3) is 11.9 Å². The molecule has 4 heterocycles. The first kappa shape index (κ1) is 36.0. The quantitative estimate of drug-likeness (QED) is 0.209. The Morgan fingerprint density at radius 2 is 1.81 bits per heavy atom. The molecule has 0 atom stereocenters. The van der Waals surface area contributed by atoms with E-state index < -0.39 is 23.2 Å². The van der Waals surface area contributed by atoms with Crippen molar-refractivity contribution in [2.45, 2.75) is 39.6 Å². The summed E-state index contributed by atoms with van der Waals surface area (Å²) < 4.78 is 48.1. The predicted octanol–water partition coefficient (Wildman–Crippen LogP) is 5.05. The van der Waals surface area contributed by atoms with Crippen molar-refractivity contribution < 1.29 is 27.5 Å². The Morgan fingerprint density at radius 1 is 1.08 bits per heavy atom. The molecule has 1 N–H and O–H groups in total. The molecule has 0 bridgehead atoms. The summed E-state index contributed by atoms with van der Waals surface area (Å²) in [4.78, 5) is 57.4. The lowest BCUT2D eigenvalue weighted by Gasteiger charge is -2.36. The van der Waals surface area contributed by atoms with E-state index in [-0.39, 0.29) is 78.9 Å². The number of nitrogens with one attached hydrogen (secondary N) is 1. The maximum absolute atomic E-state index is 14.0. The van der Waals surface area contributed by atoms with Gasteiger partial charge in [-0.05, 0) is 43.2 Å². The van der Waals surface area contributed by atoms with Gasteiger partial charge in [0.05, 0.1) is 27.7 Å². The molecular formula is C35H33ClF3N9O4. The number of fused-ring (bicyclic) bond motifs is 1. The number of hydrogen-bond acceptors (Lipinski definition) is 9. The molecular weight excluding hydrogens is 703 g/mol. The van der Waals surface area contributed by atoms with Crippen LogP contribution in [0.3, 0.4) is 0 Å². The number of carbonyl (C=O) groups excluding carboxylic acids is 2. The summed E-state index contributed by atoms with van der Waals surface area (Å²) in [7, 11) is 0. The number of halogens is 4. The lowest BCUT2D eigenvalue weighted by Crippen LogP contribution is -2.51. The standard InChI is InChI=1S/C35H33ClF3N9O4/c1-4-26-30(45-13-15-46(16-14-45)32(50)29-31(21(3)40-20-41-29)52-19-22-9-7-6-8-10-22)33(51)48-34(43-27(5-2)44-48)47(26)18-28(49)42-25-12-11-23(17-24(25)36)35(37,38)39/h5-12,17,20H,2,4,13-16,18-19H2,1,3H3,(H,42,49). The summed E-state index contributed by atoms with van der Waals surface area (Å²) in [6, 6.07) is 12.1. The maximum Gasteiger partial charge on any atom is 0.416 e. The van der Waals surface area contributed by atoms with Crippen LogP contribution in [0.15, 0.2) is 66.2 Å². The number of anilines is 2. The van der Waals surface area contributed by atoms with Crippen LogP contribution in [0.4, 0.5) is 24.5 Å². The summed E-state index contributed by atoms with van der Waals surface area (Å²) >= 11 is 6.09. The fraction of sp³-hybridized carbons (Fsp3) is 0.286. The Kier molecular flexibility index (Phi) is 10.3. The number of piperazine rings is 1. The average Bonchev–Trinajstić information content (AvgIpc) is 3.58. The summed E-state index contributed by atoms with van der Waals surface area (Å²) in [5, 5.41) is 6.54. The molecule has 1 aliphatic rings. The largest absolute Gasteiger partial charge is 0.485 e. The van der Waals surface area contributed by atoms with Gasteiger partial charge in [0.2, 0.25) is 11.7 Å². The van der Waals surface area contributed by atoms with Crippen molar-refractivity contribution in [2.75, 3.05) is 36.4 Å². The average molecular weight is 736 g/mol. The van der Waals surface area contributed by atoms with Gasteiger partial charge in [0.1, 0.15) is 25.2 Å². The number of benzene rings is 2. The molecule has 0 spiro atoms. The van der Waals surface area contributed by atoms with E-state index in [1.807, 2.05) is 42.2 Å². The zero-order valence-electron chi connectivity index (χ0n) is 28.2. The first-order valence-electron chi connectivity index (χ1n) is 16.2. The Hall–Kier alpha value is -5.77. The molecule has 1 fully saturated rings. The molecule has 3 aromatic heterocycles. The van der Waals surface area contributed by atoms with Gasteiger partial charge in [-0.3, -0.25) is 14.4 Å². The molecule has 6 rings (SSSR count). The van der Waals surface area contributed by atoms with Crippen molar-refractivity contribution in [2.24, 2.45) is 0 Å². The van der Waals surface area contributed by atoms with Gasteiger partial charge in [-0.1, -0.05) is 55.4 Å². The van der Waals surface area contributed by atoms with Crippen LogP contribution >= 0.6 is 11.6 Å². The van der Waals surface area contributed by atoms with Gasteiger partial charge in [-0.2, -0.15) is 22.7 Å². The zero-order valence-corrected chi connectivity index (χ0v) is 28.9. The molecule has 0 unspecified atom stereocenters. The fourth-order valence-electron chi connectivity index (χ4n) is 5.96. The SMILES string of the molecule is C=Cc1nc2n(CC(=O)Nc3ccc(C(F)(F)F)cc3Cl)c(CC)c(N3CCN(C(=O)c4ncnc(C)c4OCc4ccccc4)CC3)c(=O)n2n1. The second-order valence-corrected chi connectivity index (χ2v) is 12.3. The third-order valence-electron chi connectivity index (χ3n) is 8.53. The van der Waals surface area contributed by atoms with Crippen molar-refractivity contribution in [1.82, 2.24) is 34.0 Å². The Balaban J connectivity index is 1.25. The monoisotopic (exact) mass is 735 g/mol. The zero-order chi connectivity index (χ0) is 37.2. The minimum Gasteiger partial charge on any atom is -0.485 e. The van der Waals surface area contributed by atoms with E-state index in [1.165, 1.54) is 17.0 Å². The number of ether oxygens (including phenoxy) is 1. The van der Waals surface area contributed by atoms with Gasteiger partial charge in [0, 0.05) is 26.2 Å². The molecule has 1 saturated heterocycles. The summed E-state index contributed by atoms with van der Waals surface area (Å²) in [5.41, 5.74) is 0.862. The second-order valence-electron chi connectivity index (χ2n) is 11.9. The lowest BCUT2D eigenvalue weighted by atomic mass is 10.2. The van der Waals surface area contributed by atoms with Crippen LogP contribution in [-0.4, -0.2) is 72.0 Å². The molecule has 0 saturated carbocycles. The predicted molar refractivity (Wildman–Crippen MR) is 187 cm³/mol. The number of alkyl halides is 3. The van der Waals surface area contributed by atoms with Crippen molar-refractivity contribution in [3.63, 3.8) is 0 Å². The molecule has 2 aromatic carbocycles. The van der Waals surface area contributed by atoms with Crippen molar-refractivity contribution in [3.05, 3.63) is 111 Å². The lowest BCUT2D eigenvalue weighted by molar-refractivity contribution is -0.137. The molecule has 0 aliphatic carbocycles. The van der Waals surface area contributed by atoms with Gasteiger partial charge in [-0.25, -0.2) is 9.97 Å². The Morgan fingerprint density at radius 3 is 2.46 bits per heavy atom. The maximum atomic E-state index is 14.0. The second kappa shape index (κ2) is 14.8. The Labute approximate surface area is 300 Å². The molecule has 0 radical (unpaired) electrons. The van der Waals surface area contributed by atoms with Crippen molar-refractivity contribution >= 4 is 46.6 Å². The minimum absolute atomic E-state index is 0.0171. The van der Waals surface area contributed by atoms with Crippen LogP contribution < -0.4 is 20.5 Å². The van der Waals surface area contributed by atoms with Crippen molar-refractivity contribution in [3.8, 4) is 5.75 Å². The van der Waals surface area contributed by atoms with E-state index in [4.69, 9.17) is 16.3 Å². The van der Waals surface area contributed by atoms with Crippen LogP contribution in [-0.2, 0) is 30.5 Å².